The summed E-state index contributed by atoms with van der Waals surface area (Å²) in [5.74, 6) is 1.11. The Bertz CT molecular complexity index is 749. The largest absolute Gasteiger partial charge is 0.484 e. The Morgan fingerprint density at radius 2 is 2.24 bits per heavy atom. The molecule has 0 N–H and O–H groups in total. The third-order valence-electron chi connectivity index (χ3n) is 3.17. The quantitative estimate of drug-likeness (QED) is 0.375. The lowest BCUT2D eigenvalue weighted by molar-refractivity contribution is -0.139. The van der Waals surface area contributed by atoms with Crippen LogP contribution in [0.25, 0.3) is 0 Å². The van der Waals surface area contributed by atoms with Crippen LogP contribution in [0.5, 0.6) is 5.75 Å². The van der Waals surface area contributed by atoms with Gasteiger partial charge in [0.2, 0.25) is 0 Å². The van der Waals surface area contributed by atoms with Crippen LogP contribution in [0, 0.1) is 6.92 Å². The van der Waals surface area contributed by atoms with Crippen molar-refractivity contribution in [3.63, 3.8) is 0 Å². The maximum atomic E-state index is 11.5. The average Bonchev–Trinajstić information content (AvgIpc) is 2.96. The highest BCUT2D eigenvalue weighted by Crippen LogP contribution is 2.26. The molecule has 0 radical (unpaired) electrons. The topological polar surface area (TPSA) is 66.2 Å². The van der Waals surface area contributed by atoms with E-state index >= 15 is 0 Å². The maximum Gasteiger partial charge on any atom is 0.316 e. The molecule has 0 atom stereocenters. The van der Waals surface area contributed by atoms with E-state index in [0.717, 1.165) is 5.56 Å². The van der Waals surface area contributed by atoms with Crippen LogP contribution in [0.4, 0.5) is 0 Å². The SMILES string of the molecule is C=CCn1c(COc2cc(C)ccc2Cl)nnc1SCC(=O)OCC. The van der Waals surface area contributed by atoms with Crippen LogP contribution in [0.3, 0.4) is 0 Å². The van der Waals surface area contributed by atoms with E-state index in [9.17, 15) is 4.79 Å². The van der Waals surface area contributed by atoms with E-state index in [0.29, 0.717) is 34.9 Å². The molecule has 25 heavy (non-hydrogen) atoms. The predicted molar refractivity (Wildman–Crippen MR) is 98.1 cm³/mol. The smallest absolute Gasteiger partial charge is 0.316 e. The zero-order valence-corrected chi connectivity index (χ0v) is 15.8. The molecule has 0 aliphatic rings. The fraction of sp³-hybridized carbons (Fsp3) is 0.353. The lowest BCUT2D eigenvalue weighted by Gasteiger charge is -2.10. The van der Waals surface area contributed by atoms with Crippen molar-refractivity contribution in [1.29, 1.82) is 0 Å². The van der Waals surface area contributed by atoms with Crippen LogP contribution in [0.2, 0.25) is 5.02 Å². The summed E-state index contributed by atoms with van der Waals surface area (Å²) in [5.41, 5.74) is 1.05. The van der Waals surface area contributed by atoms with E-state index < -0.39 is 0 Å². The first kappa shape index (κ1) is 19.3. The first-order valence-electron chi connectivity index (χ1n) is 7.75. The first-order valence-corrected chi connectivity index (χ1v) is 9.11. The number of allylic oxidation sites excluding steroid dienone is 1. The number of carbonyl (C=O) groups excluding carboxylic acids is 1. The number of rotatable bonds is 9. The van der Waals surface area contributed by atoms with Crippen molar-refractivity contribution < 1.29 is 14.3 Å². The van der Waals surface area contributed by atoms with Gasteiger partial charge in [0, 0.05) is 6.54 Å². The zero-order valence-electron chi connectivity index (χ0n) is 14.2. The minimum atomic E-state index is -0.287. The molecule has 2 aromatic rings. The fourth-order valence-corrected chi connectivity index (χ4v) is 2.97. The van der Waals surface area contributed by atoms with Crippen molar-refractivity contribution in [2.45, 2.75) is 32.2 Å². The Kier molecular flexibility index (Phi) is 7.33. The molecule has 0 saturated heterocycles. The number of benzene rings is 1. The predicted octanol–water partition coefficient (Wildman–Crippen LogP) is 3.66. The van der Waals surface area contributed by atoms with E-state index in [4.69, 9.17) is 21.1 Å². The number of hydrogen-bond acceptors (Lipinski definition) is 6. The number of aryl methyl sites for hydroxylation is 1. The Hall–Kier alpha value is -1.99. The van der Waals surface area contributed by atoms with Gasteiger partial charge in [-0.05, 0) is 31.5 Å². The highest BCUT2D eigenvalue weighted by Gasteiger charge is 2.15. The van der Waals surface area contributed by atoms with Crippen molar-refractivity contribution in [3.05, 3.63) is 47.3 Å². The van der Waals surface area contributed by atoms with Gasteiger partial charge in [0.15, 0.2) is 11.0 Å². The molecule has 1 aromatic carbocycles. The summed E-state index contributed by atoms with van der Waals surface area (Å²) < 4.78 is 12.5. The average molecular weight is 382 g/mol. The second-order valence-corrected chi connectivity index (χ2v) is 6.46. The van der Waals surface area contributed by atoms with E-state index in [1.54, 1.807) is 19.1 Å². The summed E-state index contributed by atoms with van der Waals surface area (Å²) in [6.45, 7) is 8.57. The number of esters is 1. The van der Waals surface area contributed by atoms with Gasteiger partial charge in [-0.15, -0.1) is 16.8 Å². The summed E-state index contributed by atoms with van der Waals surface area (Å²) in [6.07, 6.45) is 1.74. The molecular formula is C17H20ClN3O3S. The van der Waals surface area contributed by atoms with Crippen molar-refractivity contribution in [3.8, 4) is 5.75 Å². The van der Waals surface area contributed by atoms with Crippen LogP contribution in [0.1, 0.15) is 18.3 Å². The van der Waals surface area contributed by atoms with Crippen LogP contribution in [0.15, 0.2) is 36.0 Å². The van der Waals surface area contributed by atoms with Crippen molar-refractivity contribution >= 4 is 29.3 Å². The van der Waals surface area contributed by atoms with Crippen LogP contribution < -0.4 is 4.74 Å². The number of carbonyl (C=O) groups is 1. The Labute approximate surface area is 156 Å². The van der Waals surface area contributed by atoms with E-state index in [1.165, 1.54) is 11.8 Å². The summed E-state index contributed by atoms with van der Waals surface area (Å²) in [4.78, 5) is 11.5. The van der Waals surface area contributed by atoms with E-state index in [-0.39, 0.29) is 18.3 Å². The molecule has 1 heterocycles. The Morgan fingerprint density at radius 1 is 1.44 bits per heavy atom. The second-order valence-electron chi connectivity index (χ2n) is 5.11. The van der Waals surface area contributed by atoms with E-state index in [1.807, 2.05) is 23.6 Å². The molecule has 0 bridgehead atoms. The third kappa shape index (κ3) is 5.51. The summed E-state index contributed by atoms with van der Waals surface area (Å²) in [7, 11) is 0. The number of ether oxygens (including phenoxy) is 2. The molecule has 0 saturated carbocycles. The highest BCUT2D eigenvalue weighted by molar-refractivity contribution is 7.99. The van der Waals surface area contributed by atoms with Gasteiger partial charge in [0.25, 0.3) is 0 Å². The summed E-state index contributed by atoms with van der Waals surface area (Å²) in [5, 5.41) is 9.43. The minimum absolute atomic E-state index is 0.174. The number of thioether (sulfide) groups is 1. The fourth-order valence-electron chi connectivity index (χ4n) is 2.03. The number of nitrogens with zero attached hydrogens (tertiary/aromatic N) is 3. The Morgan fingerprint density at radius 3 is 2.96 bits per heavy atom. The zero-order chi connectivity index (χ0) is 18.2. The minimum Gasteiger partial charge on any atom is -0.484 e. The van der Waals surface area contributed by atoms with Gasteiger partial charge in [0.05, 0.1) is 17.4 Å². The lowest BCUT2D eigenvalue weighted by atomic mass is 10.2. The molecule has 8 heteroatoms. The number of aromatic nitrogens is 3. The molecule has 1 aromatic heterocycles. The van der Waals surface area contributed by atoms with Crippen molar-refractivity contribution in [2.24, 2.45) is 0 Å². The molecule has 2 rings (SSSR count). The molecular weight excluding hydrogens is 362 g/mol. The van der Waals surface area contributed by atoms with Gasteiger partial charge < -0.3 is 9.47 Å². The molecule has 0 aliphatic carbocycles. The standard InChI is InChI=1S/C17H20ClN3O3S/c1-4-8-21-15(10-24-14-9-12(3)6-7-13(14)18)19-20-17(21)25-11-16(22)23-5-2/h4,6-7,9H,1,5,8,10-11H2,2-3H3. The van der Waals surface area contributed by atoms with Gasteiger partial charge in [-0.3, -0.25) is 9.36 Å². The van der Waals surface area contributed by atoms with Gasteiger partial charge in [-0.1, -0.05) is 35.5 Å². The van der Waals surface area contributed by atoms with Gasteiger partial charge >= 0.3 is 5.97 Å². The number of halogens is 1. The normalized spacial score (nSPS) is 10.5. The van der Waals surface area contributed by atoms with Crippen molar-refractivity contribution in [2.75, 3.05) is 12.4 Å². The Balaban J connectivity index is 2.08. The first-order chi connectivity index (χ1) is 12.0. The van der Waals surface area contributed by atoms with Crippen LogP contribution in [-0.4, -0.2) is 33.1 Å². The molecule has 0 unspecified atom stereocenters. The molecule has 0 spiro atoms. The monoisotopic (exact) mass is 381 g/mol. The van der Waals surface area contributed by atoms with Crippen LogP contribution >= 0.6 is 23.4 Å². The molecule has 134 valence electrons. The summed E-state index contributed by atoms with van der Waals surface area (Å²) in [6, 6.07) is 5.58. The number of hydrogen-bond donors (Lipinski definition) is 0. The van der Waals surface area contributed by atoms with Gasteiger partial charge in [-0.25, -0.2) is 0 Å². The van der Waals surface area contributed by atoms with Gasteiger partial charge in [-0.2, -0.15) is 0 Å². The van der Waals surface area contributed by atoms with Gasteiger partial charge in [0.1, 0.15) is 12.4 Å². The van der Waals surface area contributed by atoms with Crippen LogP contribution in [-0.2, 0) is 22.7 Å². The maximum absolute atomic E-state index is 11.5. The van der Waals surface area contributed by atoms with Crippen molar-refractivity contribution in [1.82, 2.24) is 14.8 Å². The molecule has 0 fully saturated rings. The summed E-state index contributed by atoms with van der Waals surface area (Å²) >= 11 is 7.41. The second kappa shape index (κ2) is 9.48. The molecule has 0 aliphatic heterocycles. The van der Waals surface area contributed by atoms with E-state index in [2.05, 4.69) is 16.8 Å². The molecule has 6 nitrogen and oxygen atoms in total. The lowest BCUT2D eigenvalue weighted by Crippen LogP contribution is -2.10. The highest BCUT2D eigenvalue weighted by atomic mass is 35.5. The molecule has 0 amide bonds. The third-order valence-corrected chi connectivity index (χ3v) is 4.43.